The lowest BCUT2D eigenvalue weighted by atomic mass is 10.0. The van der Waals surface area contributed by atoms with E-state index in [-0.39, 0.29) is 11.4 Å². The van der Waals surface area contributed by atoms with Crippen molar-refractivity contribution in [3.63, 3.8) is 0 Å². The standard InChI is InChI=1S/C8H11N3OS/c12-6-3-1-2-4-7(6)13-8-9-5-10-11-8/h1-2,5-7,12H,3-4H2,(H,9,10,11)/t6-,7?/m1/s1. The van der Waals surface area contributed by atoms with Crippen LogP contribution in [0.3, 0.4) is 0 Å². The zero-order valence-electron chi connectivity index (χ0n) is 7.05. The number of H-pyrrole nitrogens is 1. The molecule has 4 nitrogen and oxygen atoms in total. The van der Waals surface area contributed by atoms with Crippen LogP contribution in [-0.2, 0) is 0 Å². The summed E-state index contributed by atoms with van der Waals surface area (Å²) in [5, 5.41) is 17.1. The molecule has 1 unspecified atom stereocenters. The Balaban J connectivity index is 1.98. The molecule has 0 amide bonds. The van der Waals surface area contributed by atoms with Gasteiger partial charge in [-0.1, -0.05) is 23.9 Å². The number of nitrogens with zero attached hydrogens (tertiary/aromatic N) is 2. The fourth-order valence-electron chi connectivity index (χ4n) is 1.30. The van der Waals surface area contributed by atoms with Crippen molar-refractivity contribution >= 4 is 11.8 Å². The summed E-state index contributed by atoms with van der Waals surface area (Å²) in [7, 11) is 0. The average molecular weight is 197 g/mol. The van der Waals surface area contributed by atoms with Gasteiger partial charge in [0.15, 0.2) is 5.16 Å². The van der Waals surface area contributed by atoms with E-state index in [2.05, 4.69) is 21.3 Å². The third kappa shape index (κ3) is 2.10. The molecule has 1 aliphatic carbocycles. The molecule has 1 aliphatic rings. The molecule has 13 heavy (non-hydrogen) atoms. The van der Waals surface area contributed by atoms with Crippen molar-refractivity contribution in [1.29, 1.82) is 0 Å². The third-order valence-corrected chi connectivity index (χ3v) is 3.23. The maximum atomic E-state index is 9.63. The number of aromatic nitrogens is 3. The monoisotopic (exact) mass is 197 g/mol. The second-order valence-electron chi connectivity index (χ2n) is 2.96. The summed E-state index contributed by atoms with van der Waals surface area (Å²) >= 11 is 1.55. The second-order valence-corrected chi connectivity index (χ2v) is 4.18. The second kappa shape index (κ2) is 3.93. The quantitative estimate of drug-likeness (QED) is 0.694. The van der Waals surface area contributed by atoms with Crippen molar-refractivity contribution in [3.8, 4) is 0 Å². The van der Waals surface area contributed by atoms with Gasteiger partial charge in [-0.3, -0.25) is 5.10 Å². The van der Waals surface area contributed by atoms with Crippen molar-refractivity contribution in [2.75, 3.05) is 0 Å². The van der Waals surface area contributed by atoms with Gasteiger partial charge in [-0.05, 0) is 12.8 Å². The van der Waals surface area contributed by atoms with E-state index in [1.54, 1.807) is 11.8 Å². The summed E-state index contributed by atoms with van der Waals surface area (Å²) in [6.07, 6.45) is 6.97. The lowest BCUT2D eigenvalue weighted by molar-refractivity contribution is 0.170. The van der Waals surface area contributed by atoms with Gasteiger partial charge in [-0.25, -0.2) is 4.98 Å². The largest absolute Gasteiger partial charge is 0.392 e. The molecule has 0 radical (unpaired) electrons. The molecule has 0 aromatic carbocycles. The number of aliphatic hydroxyl groups excluding tert-OH is 1. The van der Waals surface area contributed by atoms with Gasteiger partial charge < -0.3 is 5.11 Å². The Morgan fingerprint density at radius 2 is 2.31 bits per heavy atom. The van der Waals surface area contributed by atoms with Crippen LogP contribution < -0.4 is 0 Å². The fraction of sp³-hybridized carbons (Fsp3) is 0.500. The van der Waals surface area contributed by atoms with Crippen LogP contribution in [0.2, 0.25) is 0 Å². The Morgan fingerprint density at radius 1 is 1.46 bits per heavy atom. The van der Waals surface area contributed by atoms with E-state index in [0.717, 1.165) is 18.0 Å². The van der Waals surface area contributed by atoms with E-state index in [4.69, 9.17) is 0 Å². The van der Waals surface area contributed by atoms with Crippen LogP contribution in [0, 0.1) is 0 Å². The molecule has 2 atom stereocenters. The Morgan fingerprint density at radius 3 is 3.00 bits per heavy atom. The first kappa shape index (κ1) is 8.77. The topological polar surface area (TPSA) is 61.8 Å². The predicted octanol–water partition coefficient (Wildman–Crippen LogP) is 0.976. The summed E-state index contributed by atoms with van der Waals surface area (Å²) in [6, 6.07) is 0. The number of nitrogens with one attached hydrogen (secondary N) is 1. The highest BCUT2D eigenvalue weighted by molar-refractivity contribution is 7.99. The molecule has 1 heterocycles. The first-order chi connectivity index (χ1) is 6.36. The lowest BCUT2D eigenvalue weighted by Crippen LogP contribution is -2.24. The number of thioether (sulfide) groups is 1. The van der Waals surface area contributed by atoms with Crippen LogP contribution in [0.15, 0.2) is 23.6 Å². The van der Waals surface area contributed by atoms with Crippen LogP contribution >= 0.6 is 11.8 Å². The van der Waals surface area contributed by atoms with Crippen molar-refractivity contribution < 1.29 is 5.11 Å². The highest BCUT2D eigenvalue weighted by Gasteiger charge is 2.21. The zero-order chi connectivity index (χ0) is 9.10. The summed E-state index contributed by atoms with van der Waals surface area (Å²) in [5.41, 5.74) is 0. The highest BCUT2D eigenvalue weighted by Crippen LogP contribution is 2.28. The predicted molar refractivity (Wildman–Crippen MR) is 50.4 cm³/mol. The van der Waals surface area contributed by atoms with Gasteiger partial charge in [0.1, 0.15) is 6.33 Å². The number of allylic oxidation sites excluding steroid dienone is 1. The summed E-state index contributed by atoms with van der Waals surface area (Å²) in [5.74, 6) is 0. The van der Waals surface area contributed by atoms with E-state index >= 15 is 0 Å². The van der Waals surface area contributed by atoms with Crippen molar-refractivity contribution in [2.45, 2.75) is 29.4 Å². The summed E-state index contributed by atoms with van der Waals surface area (Å²) < 4.78 is 0. The van der Waals surface area contributed by atoms with Crippen LogP contribution in [0.5, 0.6) is 0 Å². The maximum Gasteiger partial charge on any atom is 0.183 e. The molecule has 5 heteroatoms. The maximum absolute atomic E-state index is 9.63. The molecule has 2 rings (SSSR count). The van der Waals surface area contributed by atoms with Crippen molar-refractivity contribution in [3.05, 3.63) is 18.5 Å². The minimum absolute atomic E-state index is 0.206. The molecule has 0 saturated carbocycles. The molecule has 0 saturated heterocycles. The van der Waals surface area contributed by atoms with Gasteiger partial charge in [0.05, 0.1) is 6.10 Å². The third-order valence-electron chi connectivity index (χ3n) is 2.00. The van der Waals surface area contributed by atoms with Crippen molar-refractivity contribution in [2.24, 2.45) is 0 Å². The first-order valence-electron chi connectivity index (χ1n) is 4.21. The van der Waals surface area contributed by atoms with Crippen LogP contribution in [0.1, 0.15) is 12.8 Å². The lowest BCUT2D eigenvalue weighted by Gasteiger charge is -2.21. The Kier molecular flexibility index (Phi) is 2.65. The Hall–Kier alpha value is -0.810. The smallest absolute Gasteiger partial charge is 0.183 e. The van der Waals surface area contributed by atoms with E-state index in [9.17, 15) is 5.11 Å². The minimum Gasteiger partial charge on any atom is -0.392 e. The molecule has 0 aliphatic heterocycles. The van der Waals surface area contributed by atoms with Gasteiger partial charge in [0.25, 0.3) is 0 Å². The van der Waals surface area contributed by atoms with Crippen LogP contribution in [0.25, 0.3) is 0 Å². The number of aromatic amines is 1. The highest BCUT2D eigenvalue weighted by atomic mass is 32.2. The Bertz CT molecular complexity index is 286. The molecular weight excluding hydrogens is 186 g/mol. The van der Waals surface area contributed by atoms with Gasteiger partial charge in [0.2, 0.25) is 0 Å². The summed E-state index contributed by atoms with van der Waals surface area (Å²) in [6.45, 7) is 0. The first-order valence-corrected chi connectivity index (χ1v) is 5.09. The van der Waals surface area contributed by atoms with Crippen molar-refractivity contribution in [1.82, 2.24) is 15.2 Å². The number of hydrogen-bond acceptors (Lipinski definition) is 4. The number of aliphatic hydroxyl groups is 1. The molecule has 70 valence electrons. The van der Waals surface area contributed by atoms with E-state index in [1.165, 1.54) is 6.33 Å². The minimum atomic E-state index is -0.264. The molecule has 0 fully saturated rings. The van der Waals surface area contributed by atoms with Gasteiger partial charge in [-0.15, -0.1) is 0 Å². The van der Waals surface area contributed by atoms with Crippen LogP contribution in [-0.4, -0.2) is 31.6 Å². The molecule has 1 aromatic heterocycles. The molecular formula is C8H11N3OS. The average Bonchev–Trinajstić information content (AvgIpc) is 2.61. The van der Waals surface area contributed by atoms with E-state index in [0.29, 0.717) is 0 Å². The Labute approximate surface area is 80.5 Å². The number of hydrogen-bond donors (Lipinski definition) is 2. The fourth-order valence-corrected chi connectivity index (χ4v) is 2.27. The van der Waals surface area contributed by atoms with Crippen LogP contribution in [0.4, 0.5) is 0 Å². The molecule has 0 spiro atoms. The zero-order valence-corrected chi connectivity index (χ0v) is 7.87. The van der Waals surface area contributed by atoms with E-state index < -0.39 is 0 Å². The summed E-state index contributed by atoms with van der Waals surface area (Å²) in [4.78, 5) is 4.01. The van der Waals surface area contributed by atoms with E-state index in [1.807, 2.05) is 6.08 Å². The SMILES string of the molecule is O[C@@H]1CC=CCC1Sc1ncn[nH]1. The number of rotatable bonds is 2. The van der Waals surface area contributed by atoms with Gasteiger partial charge in [0, 0.05) is 5.25 Å². The molecule has 2 N–H and O–H groups in total. The van der Waals surface area contributed by atoms with Gasteiger partial charge in [-0.2, -0.15) is 5.10 Å². The molecule has 0 bridgehead atoms. The normalized spacial score (nSPS) is 27.8. The molecule has 1 aromatic rings. The van der Waals surface area contributed by atoms with Gasteiger partial charge >= 0.3 is 0 Å².